The number of carbonyl (C=O) groups is 1. The maximum Gasteiger partial charge on any atom is 0.255 e. The third kappa shape index (κ3) is 5.47. The van der Waals surface area contributed by atoms with Gasteiger partial charge in [-0.25, -0.2) is 4.98 Å². The molecule has 1 aromatic rings. The molecule has 0 radical (unpaired) electrons. The van der Waals surface area contributed by atoms with Crippen molar-refractivity contribution in [1.29, 1.82) is 0 Å². The van der Waals surface area contributed by atoms with Gasteiger partial charge in [0, 0.05) is 32.4 Å². The molecule has 142 valence electrons. The Hall–Kier alpha value is -1.04. The van der Waals surface area contributed by atoms with Crippen molar-refractivity contribution >= 4 is 36.5 Å². The number of hydrogen-bond acceptors (Lipinski definition) is 4. The Kier molecular flexibility index (Phi) is 8.97. The van der Waals surface area contributed by atoms with Gasteiger partial charge in [-0.15, -0.1) is 24.8 Å². The SMILES string of the molecule is CNCC1CCN(C(=O)c2ccc(N3CCC(C)CC3)nc2)C1.Cl.Cl. The molecule has 1 aromatic heterocycles. The average Bonchev–Trinajstić information content (AvgIpc) is 3.04. The van der Waals surface area contributed by atoms with Crippen LogP contribution in [0.25, 0.3) is 0 Å². The van der Waals surface area contributed by atoms with Crippen LogP contribution in [0.1, 0.15) is 36.5 Å². The van der Waals surface area contributed by atoms with Crippen molar-refractivity contribution in [3.8, 4) is 0 Å². The third-order valence-electron chi connectivity index (χ3n) is 5.17. The second-order valence-corrected chi connectivity index (χ2v) is 7.04. The molecule has 0 aliphatic carbocycles. The highest BCUT2D eigenvalue weighted by atomic mass is 35.5. The zero-order valence-corrected chi connectivity index (χ0v) is 16.7. The molecule has 1 amide bonds. The van der Waals surface area contributed by atoms with E-state index in [9.17, 15) is 4.79 Å². The largest absolute Gasteiger partial charge is 0.357 e. The van der Waals surface area contributed by atoms with E-state index >= 15 is 0 Å². The van der Waals surface area contributed by atoms with Crippen LogP contribution >= 0.6 is 24.8 Å². The van der Waals surface area contributed by atoms with Gasteiger partial charge in [0.15, 0.2) is 0 Å². The smallest absolute Gasteiger partial charge is 0.255 e. The van der Waals surface area contributed by atoms with Crippen LogP contribution in [-0.4, -0.2) is 55.6 Å². The molecule has 25 heavy (non-hydrogen) atoms. The highest BCUT2D eigenvalue weighted by molar-refractivity contribution is 5.94. The fourth-order valence-electron chi connectivity index (χ4n) is 3.59. The van der Waals surface area contributed by atoms with Crippen molar-refractivity contribution in [2.24, 2.45) is 11.8 Å². The summed E-state index contributed by atoms with van der Waals surface area (Å²) in [6.45, 7) is 7.14. The zero-order chi connectivity index (χ0) is 16.2. The Bertz CT molecular complexity index is 532. The lowest BCUT2D eigenvalue weighted by Gasteiger charge is -2.31. The number of aromatic nitrogens is 1. The van der Waals surface area contributed by atoms with Crippen LogP contribution in [-0.2, 0) is 0 Å². The molecular weight excluding hydrogens is 359 g/mol. The van der Waals surface area contributed by atoms with Crippen LogP contribution in [0.4, 0.5) is 5.82 Å². The van der Waals surface area contributed by atoms with Gasteiger partial charge >= 0.3 is 0 Å². The summed E-state index contributed by atoms with van der Waals surface area (Å²) in [7, 11) is 1.97. The van der Waals surface area contributed by atoms with E-state index in [0.717, 1.165) is 50.9 Å². The summed E-state index contributed by atoms with van der Waals surface area (Å²) < 4.78 is 0. The number of halogens is 2. The number of pyridine rings is 1. The minimum Gasteiger partial charge on any atom is -0.357 e. The molecule has 1 N–H and O–H groups in total. The number of amides is 1. The minimum absolute atomic E-state index is 0. The third-order valence-corrected chi connectivity index (χ3v) is 5.17. The number of rotatable bonds is 4. The molecule has 5 nitrogen and oxygen atoms in total. The van der Waals surface area contributed by atoms with Crippen molar-refractivity contribution in [3.63, 3.8) is 0 Å². The molecule has 2 fully saturated rings. The summed E-state index contributed by atoms with van der Waals surface area (Å²) in [5.74, 6) is 2.51. The van der Waals surface area contributed by atoms with Crippen LogP contribution in [0.3, 0.4) is 0 Å². The predicted octanol–water partition coefficient (Wildman–Crippen LogP) is 2.84. The molecule has 0 bridgehead atoms. The second kappa shape index (κ2) is 10.2. The van der Waals surface area contributed by atoms with Gasteiger partial charge in [-0.05, 0) is 56.8 Å². The van der Waals surface area contributed by atoms with E-state index < -0.39 is 0 Å². The Morgan fingerprint density at radius 1 is 1.20 bits per heavy atom. The summed E-state index contributed by atoms with van der Waals surface area (Å²) in [4.78, 5) is 21.4. The Morgan fingerprint density at radius 2 is 1.92 bits per heavy atom. The molecule has 0 saturated carbocycles. The molecule has 2 aliphatic heterocycles. The number of piperidine rings is 1. The maximum absolute atomic E-state index is 12.6. The maximum atomic E-state index is 12.6. The van der Waals surface area contributed by atoms with Crippen molar-refractivity contribution in [3.05, 3.63) is 23.9 Å². The summed E-state index contributed by atoms with van der Waals surface area (Å²) in [6, 6.07) is 3.94. The van der Waals surface area contributed by atoms with Crippen LogP contribution < -0.4 is 10.2 Å². The highest BCUT2D eigenvalue weighted by Gasteiger charge is 2.26. The zero-order valence-electron chi connectivity index (χ0n) is 15.1. The molecule has 3 rings (SSSR count). The first-order chi connectivity index (χ1) is 11.2. The monoisotopic (exact) mass is 388 g/mol. The lowest BCUT2D eigenvalue weighted by molar-refractivity contribution is 0.0787. The molecule has 3 heterocycles. The van der Waals surface area contributed by atoms with Gasteiger partial charge in [-0.2, -0.15) is 0 Å². The van der Waals surface area contributed by atoms with Crippen molar-refractivity contribution in [2.75, 3.05) is 44.7 Å². The molecule has 0 aromatic carbocycles. The Balaban J connectivity index is 0.00000156. The predicted molar refractivity (Wildman–Crippen MR) is 107 cm³/mol. The minimum atomic E-state index is 0. The van der Waals surface area contributed by atoms with E-state index in [1.54, 1.807) is 6.20 Å². The van der Waals surface area contributed by atoms with E-state index in [2.05, 4.69) is 22.1 Å². The number of nitrogens with zero attached hydrogens (tertiary/aromatic N) is 3. The van der Waals surface area contributed by atoms with Crippen LogP contribution in [0.15, 0.2) is 18.3 Å². The van der Waals surface area contributed by atoms with E-state index in [1.807, 2.05) is 24.1 Å². The first-order valence-corrected chi connectivity index (χ1v) is 8.82. The molecular formula is C18H30Cl2N4O. The topological polar surface area (TPSA) is 48.5 Å². The van der Waals surface area contributed by atoms with Gasteiger partial charge in [0.05, 0.1) is 5.56 Å². The first kappa shape index (κ1) is 22.0. The van der Waals surface area contributed by atoms with E-state index in [-0.39, 0.29) is 30.7 Å². The quantitative estimate of drug-likeness (QED) is 0.861. The van der Waals surface area contributed by atoms with Gasteiger partial charge in [0.25, 0.3) is 5.91 Å². The normalized spacial score (nSPS) is 20.8. The van der Waals surface area contributed by atoms with Gasteiger partial charge in [0.1, 0.15) is 5.82 Å². The van der Waals surface area contributed by atoms with Gasteiger partial charge in [0.2, 0.25) is 0 Å². The number of nitrogens with one attached hydrogen (secondary N) is 1. The molecule has 7 heteroatoms. The van der Waals surface area contributed by atoms with Crippen molar-refractivity contribution in [2.45, 2.75) is 26.2 Å². The fraction of sp³-hybridized carbons (Fsp3) is 0.667. The van der Waals surface area contributed by atoms with Crippen LogP contribution in [0, 0.1) is 11.8 Å². The first-order valence-electron chi connectivity index (χ1n) is 8.82. The standard InChI is InChI=1S/C18H28N4O.2ClH/c1-14-5-8-21(9-6-14)17-4-3-16(12-20-17)18(23)22-10-7-15(13-22)11-19-2;;/h3-4,12,14-15,19H,5-11,13H2,1-2H3;2*1H. The van der Waals surface area contributed by atoms with Gasteiger partial charge in [-0.3, -0.25) is 4.79 Å². The van der Waals surface area contributed by atoms with Crippen LogP contribution in [0.5, 0.6) is 0 Å². The summed E-state index contributed by atoms with van der Waals surface area (Å²) >= 11 is 0. The summed E-state index contributed by atoms with van der Waals surface area (Å²) in [5.41, 5.74) is 0.712. The van der Waals surface area contributed by atoms with E-state index in [0.29, 0.717) is 11.5 Å². The molecule has 2 saturated heterocycles. The number of anilines is 1. The molecule has 1 atom stereocenters. The highest BCUT2D eigenvalue weighted by Crippen LogP contribution is 2.22. The number of likely N-dealkylation sites (tertiary alicyclic amines) is 1. The Morgan fingerprint density at radius 3 is 2.52 bits per heavy atom. The summed E-state index contributed by atoms with van der Waals surface area (Å²) in [6.07, 6.45) is 5.29. The molecule has 2 aliphatic rings. The van der Waals surface area contributed by atoms with Gasteiger partial charge in [-0.1, -0.05) is 6.92 Å². The van der Waals surface area contributed by atoms with E-state index in [1.165, 1.54) is 12.8 Å². The van der Waals surface area contributed by atoms with Gasteiger partial charge < -0.3 is 15.1 Å². The Labute approximate surface area is 163 Å². The molecule has 0 spiro atoms. The number of carbonyl (C=O) groups excluding carboxylic acids is 1. The molecule has 1 unspecified atom stereocenters. The summed E-state index contributed by atoms with van der Waals surface area (Å²) in [5, 5.41) is 3.20. The van der Waals surface area contributed by atoms with Crippen molar-refractivity contribution < 1.29 is 4.79 Å². The second-order valence-electron chi connectivity index (χ2n) is 7.04. The fourth-order valence-corrected chi connectivity index (χ4v) is 3.59. The van der Waals surface area contributed by atoms with Crippen LogP contribution in [0.2, 0.25) is 0 Å². The van der Waals surface area contributed by atoms with E-state index in [4.69, 9.17) is 0 Å². The lowest BCUT2D eigenvalue weighted by Crippen LogP contribution is -2.33. The van der Waals surface area contributed by atoms with Crippen molar-refractivity contribution in [1.82, 2.24) is 15.2 Å². The lowest BCUT2D eigenvalue weighted by atomic mass is 9.99. The number of hydrogen-bond donors (Lipinski definition) is 1. The average molecular weight is 389 g/mol.